The van der Waals surface area contributed by atoms with Gasteiger partial charge in [0.2, 0.25) is 0 Å². The lowest BCUT2D eigenvalue weighted by atomic mass is 9.88. The summed E-state index contributed by atoms with van der Waals surface area (Å²) in [7, 11) is 0. The van der Waals surface area contributed by atoms with Crippen molar-refractivity contribution < 1.29 is 14.3 Å². The number of carbonyl (C=O) groups excluding carboxylic acids is 1. The second-order valence-corrected chi connectivity index (χ2v) is 5.22. The third-order valence-corrected chi connectivity index (χ3v) is 3.72. The minimum Gasteiger partial charge on any atom is -0.463 e. The number of carbonyl (C=O) groups is 1. The van der Waals surface area contributed by atoms with Crippen LogP contribution >= 0.6 is 0 Å². The number of rotatable bonds is 7. The van der Waals surface area contributed by atoms with Crippen molar-refractivity contribution in [1.82, 2.24) is 0 Å². The zero-order chi connectivity index (χ0) is 15.8. The van der Waals surface area contributed by atoms with Crippen LogP contribution in [0.25, 0.3) is 0 Å². The van der Waals surface area contributed by atoms with Crippen molar-refractivity contribution in [3.05, 3.63) is 11.6 Å². The Kier molecular flexibility index (Phi) is 7.61. The van der Waals surface area contributed by atoms with E-state index in [9.17, 15) is 4.79 Å². The highest BCUT2D eigenvalue weighted by Gasteiger charge is 2.34. The molecule has 0 spiro atoms. The molecule has 0 aromatic rings. The van der Waals surface area contributed by atoms with Crippen LogP contribution in [0.15, 0.2) is 16.6 Å². The van der Waals surface area contributed by atoms with E-state index >= 15 is 0 Å². The monoisotopic (exact) mass is 296 g/mol. The molecule has 2 N–H and O–H groups in total. The molecule has 1 aliphatic rings. The lowest BCUT2D eigenvalue weighted by Crippen LogP contribution is -2.47. The molecule has 0 aromatic carbocycles. The summed E-state index contributed by atoms with van der Waals surface area (Å²) in [6, 6.07) is -0.376. The van der Waals surface area contributed by atoms with E-state index in [2.05, 4.69) is 18.8 Å². The van der Waals surface area contributed by atoms with E-state index in [1.54, 1.807) is 13.1 Å². The molecule has 0 fully saturated rings. The van der Waals surface area contributed by atoms with E-state index in [1.807, 2.05) is 13.0 Å². The average Bonchev–Trinajstić information content (AvgIpc) is 2.47. The fraction of sp³-hybridized carbons (Fsp3) is 0.750. The maximum Gasteiger partial charge on any atom is 0.333 e. The Balaban J connectivity index is 2.97. The van der Waals surface area contributed by atoms with E-state index in [4.69, 9.17) is 15.2 Å². The van der Waals surface area contributed by atoms with Crippen LogP contribution in [0.5, 0.6) is 0 Å². The molecule has 1 rings (SSSR count). The van der Waals surface area contributed by atoms with E-state index in [0.29, 0.717) is 18.6 Å². The summed E-state index contributed by atoms with van der Waals surface area (Å²) in [5.74, 6) is -0.301. The number of esters is 1. The van der Waals surface area contributed by atoms with Crippen LogP contribution in [-0.4, -0.2) is 43.1 Å². The van der Waals surface area contributed by atoms with E-state index < -0.39 is 0 Å². The first-order valence-corrected chi connectivity index (χ1v) is 7.83. The van der Waals surface area contributed by atoms with Crippen LogP contribution < -0.4 is 5.73 Å². The van der Waals surface area contributed by atoms with Gasteiger partial charge in [0.25, 0.3) is 0 Å². The Hall–Kier alpha value is -1.20. The zero-order valence-electron chi connectivity index (χ0n) is 13.5. The fourth-order valence-corrected chi connectivity index (χ4v) is 2.55. The SMILES string of the molecule is CC=N[C@@H]1[C@@H](N)CC(C(=O)OCC)=C[C@H]1OC(CC)CC. The van der Waals surface area contributed by atoms with Crippen LogP contribution in [0.4, 0.5) is 0 Å². The van der Waals surface area contributed by atoms with Crippen LogP contribution in [0.3, 0.4) is 0 Å². The zero-order valence-corrected chi connectivity index (χ0v) is 13.5. The number of ether oxygens (including phenoxy) is 2. The van der Waals surface area contributed by atoms with E-state index in [1.165, 1.54) is 0 Å². The second kappa shape index (κ2) is 8.95. The topological polar surface area (TPSA) is 73.9 Å². The van der Waals surface area contributed by atoms with Gasteiger partial charge in [-0.2, -0.15) is 0 Å². The van der Waals surface area contributed by atoms with Crippen molar-refractivity contribution in [2.75, 3.05) is 6.61 Å². The predicted molar refractivity (Wildman–Crippen MR) is 84.5 cm³/mol. The molecule has 5 nitrogen and oxygen atoms in total. The van der Waals surface area contributed by atoms with Gasteiger partial charge in [-0.25, -0.2) is 4.79 Å². The summed E-state index contributed by atoms with van der Waals surface area (Å²) in [6.45, 7) is 8.20. The normalized spacial score (nSPS) is 26.2. The molecule has 0 heterocycles. The summed E-state index contributed by atoms with van der Waals surface area (Å²) in [5.41, 5.74) is 6.80. The smallest absolute Gasteiger partial charge is 0.333 e. The van der Waals surface area contributed by atoms with Gasteiger partial charge in [0.1, 0.15) is 6.10 Å². The van der Waals surface area contributed by atoms with Gasteiger partial charge < -0.3 is 15.2 Å². The van der Waals surface area contributed by atoms with Gasteiger partial charge in [0.15, 0.2) is 0 Å². The lowest BCUT2D eigenvalue weighted by molar-refractivity contribution is -0.139. The lowest BCUT2D eigenvalue weighted by Gasteiger charge is -2.34. The molecule has 0 bridgehead atoms. The van der Waals surface area contributed by atoms with Crippen LogP contribution in [0.1, 0.15) is 47.0 Å². The van der Waals surface area contributed by atoms with Crippen molar-refractivity contribution in [2.24, 2.45) is 10.7 Å². The van der Waals surface area contributed by atoms with Crippen LogP contribution in [0.2, 0.25) is 0 Å². The Bertz CT molecular complexity index is 389. The number of aliphatic imine (C=N–C) groups is 1. The van der Waals surface area contributed by atoms with Crippen LogP contribution in [-0.2, 0) is 14.3 Å². The van der Waals surface area contributed by atoms with Crippen molar-refractivity contribution >= 4 is 12.2 Å². The first-order valence-electron chi connectivity index (χ1n) is 7.83. The minimum absolute atomic E-state index is 0.145. The van der Waals surface area contributed by atoms with Gasteiger partial charge in [-0.15, -0.1) is 0 Å². The highest BCUT2D eigenvalue weighted by molar-refractivity contribution is 5.89. The van der Waals surface area contributed by atoms with Gasteiger partial charge in [-0.3, -0.25) is 4.99 Å². The Morgan fingerprint density at radius 1 is 1.48 bits per heavy atom. The summed E-state index contributed by atoms with van der Waals surface area (Å²) in [4.78, 5) is 16.4. The molecule has 21 heavy (non-hydrogen) atoms. The van der Waals surface area contributed by atoms with Gasteiger partial charge in [-0.1, -0.05) is 13.8 Å². The van der Waals surface area contributed by atoms with E-state index in [-0.39, 0.29) is 30.3 Å². The minimum atomic E-state index is -0.301. The number of hydrogen-bond acceptors (Lipinski definition) is 5. The highest BCUT2D eigenvalue weighted by atomic mass is 16.5. The summed E-state index contributed by atoms with van der Waals surface area (Å²) in [6.07, 6.45) is 5.79. The molecule has 0 saturated heterocycles. The largest absolute Gasteiger partial charge is 0.463 e. The third kappa shape index (κ3) is 4.93. The third-order valence-electron chi connectivity index (χ3n) is 3.72. The molecule has 3 atom stereocenters. The quantitative estimate of drug-likeness (QED) is 0.577. The molecule has 0 unspecified atom stereocenters. The molecule has 0 amide bonds. The summed E-state index contributed by atoms with van der Waals surface area (Å²) in [5, 5.41) is 0. The maximum absolute atomic E-state index is 11.9. The highest BCUT2D eigenvalue weighted by Crippen LogP contribution is 2.25. The van der Waals surface area contributed by atoms with E-state index in [0.717, 1.165) is 12.8 Å². The number of hydrogen-bond donors (Lipinski definition) is 1. The van der Waals surface area contributed by atoms with Gasteiger partial charge in [0.05, 0.1) is 18.8 Å². The van der Waals surface area contributed by atoms with Gasteiger partial charge in [-0.05, 0) is 45.4 Å². The van der Waals surface area contributed by atoms with Crippen molar-refractivity contribution in [2.45, 2.75) is 71.2 Å². The fourth-order valence-electron chi connectivity index (χ4n) is 2.55. The predicted octanol–water partition coefficient (Wildman–Crippen LogP) is 2.24. The average molecular weight is 296 g/mol. The second-order valence-electron chi connectivity index (χ2n) is 5.22. The summed E-state index contributed by atoms with van der Waals surface area (Å²) < 4.78 is 11.2. The molecule has 5 heteroatoms. The Morgan fingerprint density at radius 2 is 2.14 bits per heavy atom. The Labute approximate surface area is 127 Å². The maximum atomic E-state index is 11.9. The number of nitrogens with zero attached hydrogens (tertiary/aromatic N) is 1. The first kappa shape index (κ1) is 17.9. The molecule has 0 aromatic heterocycles. The van der Waals surface area contributed by atoms with Crippen LogP contribution in [0, 0.1) is 0 Å². The Morgan fingerprint density at radius 3 is 2.67 bits per heavy atom. The molecule has 0 aliphatic heterocycles. The molecule has 1 aliphatic carbocycles. The molecule has 0 radical (unpaired) electrons. The van der Waals surface area contributed by atoms with Crippen molar-refractivity contribution in [1.29, 1.82) is 0 Å². The molecule has 120 valence electrons. The van der Waals surface area contributed by atoms with Crippen molar-refractivity contribution in [3.63, 3.8) is 0 Å². The first-order chi connectivity index (χ1) is 10.1. The molecular weight excluding hydrogens is 268 g/mol. The van der Waals surface area contributed by atoms with Crippen molar-refractivity contribution in [3.8, 4) is 0 Å². The van der Waals surface area contributed by atoms with Gasteiger partial charge >= 0.3 is 5.97 Å². The summed E-state index contributed by atoms with van der Waals surface area (Å²) >= 11 is 0. The number of nitrogens with two attached hydrogens (primary N) is 1. The standard InChI is InChI=1S/C16H28N2O3/c1-5-12(6-2)21-14-10-11(16(19)20-8-4)9-13(17)15(14)18-7-3/h7,10,12-15H,5-6,8-9,17H2,1-4H3/t13-,14+,15+/m0/s1. The molecule has 0 saturated carbocycles. The van der Waals surface area contributed by atoms with Gasteiger partial charge in [0, 0.05) is 11.6 Å². The molecular formula is C16H28N2O3.